The van der Waals surface area contributed by atoms with Crippen LogP contribution >= 0.6 is 0 Å². The zero-order chi connectivity index (χ0) is 11.0. The number of hydrogen-bond acceptors (Lipinski definition) is 1. The third-order valence-electron chi connectivity index (χ3n) is 2.79. The number of rotatable bonds is 0. The Kier molecular flexibility index (Phi) is 5.21. The van der Waals surface area contributed by atoms with Gasteiger partial charge in [0.25, 0.3) is 0 Å². The van der Waals surface area contributed by atoms with Crippen LogP contribution < -0.4 is 0 Å². The molecule has 1 aliphatic carbocycles. The second-order valence-corrected chi connectivity index (χ2v) is 4.13. The van der Waals surface area contributed by atoms with E-state index in [0.29, 0.717) is 12.8 Å². The summed E-state index contributed by atoms with van der Waals surface area (Å²) in [5.74, 6) is 2.53. The van der Waals surface area contributed by atoms with Crippen LogP contribution in [0.2, 0.25) is 0 Å². The van der Waals surface area contributed by atoms with Crippen LogP contribution in [0.3, 0.4) is 0 Å². The SMILES string of the molecule is C#CC1(O)CCC=CCCC=CCCC1. The average Bonchev–Trinajstić information content (AvgIpc) is 2.23. The highest BCUT2D eigenvalue weighted by molar-refractivity contribution is 5.08. The lowest BCUT2D eigenvalue weighted by Crippen LogP contribution is -2.25. The summed E-state index contributed by atoms with van der Waals surface area (Å²) in [6, 6.07) is 0. The molecule has 0 aromatic rings. The standard InChI is InChI=1S/C14H20O/c1-2-14(15)12-10-8-6-4-3-5-7-9-11-13-14/h1,4,6-7,9,15H,3,5,8,10-13H2. The van der Waals surface area contributed by atoms with Crippen LogP contribution in [0.15, 0.2) is 24.3 Å². The van der Waals surface area contributed by atoms with Crippen LogP contribution in [-0.2, 0) is 0 Å². The second-order valence-electron chi connectivity index (χ2n) is 4.13. The third-order valence-corrected chi connectivity index (χ3v) is 2.79. The van der Waals surface area contributed by atoms with Gasteiger partial charge in [-0.05, 0) is 44.9 Å². The zero-order valence-corrected chi connectivity index (χ0v) is 9.28. The quantitative estimate of drug-likeness (QED) is 0.474. The van der Waals surface area contributed by atoms with E-state index in [1.54, 1.807) is 0 Å². The lowest BCUT2D eigenvalue weighted by Gasteiger charge is -2.21. The Morgan fingerprint density at radius 3 is 2.20 bits per heavy atom. The monoisotopic (exact) mass is 204 g/mol. The molecule has 0 fully saturated rings. The fourth-order valence-electron chi connectivity index (χ4n) is 1.77. The maximum atomic E-state index is 10.1. The minimum Gasteiger partial charge on any atom is -0.378 e. The summed E-state index contributed by atoms with van der Waals surface area (Å²) in [5, 5.41) is 10.1. The maximum absolute atomic E-state index is 10.1. The molecule has 15 heavy (non-hydrogen) atoms. The molecule has 1 aliphatic rings. The van der Waals surface area contributed by atoms with Crippen molar-refractivity contribution in [2.45, 2.75) is 50.5 Å². The van der Waals surface area contributed by atoms with Crippen LogP contribution in [-0.4, -0.2) is 10.7 Å². The molecule has 0 bridgehead atoms. The first kappa shape index (κ1) is 12.1. The van der Waals surface area contributed by atoms with Crippen molar-refractivity contribution in [3.8, 4) is 12.3 Å². The van der Waals surface area contributed by atoms with E-state index >= 15 is 0 Å². The van der Waals surface area contributed by atoms with Crippen LogP contribution in [0.25, 0.3) is 0 Å². The zero-order valence-electron chi connectivity index (χ0n) is 9.28. The van der Waals surface area contributed by atoms with E-state index in [-0.39, 0.29) is 0 Å². The molecule has 1 N–H and O–H groups in total. The van der Waals surface area contributed by atoms with Gasteiger partial charge in [0.2, 0.25) is 0 Å². The molecule has 82 valence electrons. The predicted octanol–water partition coefficient (Wildman–Crippen LogP) is 3.21. The number of aliphatic hydroxyl groups is 1. The summed E-state index contributed by atoms with van der Waals surface area (Å²) in [6.45, 7) is 0. The fraction of sp³-hybridized carbons (Fsp3) is 0.571. The Morgan fingerprint density at radius 2 is 1.53 bits per heavy atom. The van der Waals surface area contributed by atoms with Crippen LogP contribution in [0.1, 0.15) is 44.9 Å². The molecule has 0 saturated carbocycles. The molecule has 0 radical (unpaired) electrons. The van der Waals surface area contributed by atoms with Gasteiger partial charge in [-0.2, -0.15) is 0 Å². The smallest absolute Gasteiger partial charge is 0.125 e. The summed E-state index contributed by atoms with van der Waals surface area (Å²) in [4.78, 5) is 0. The van der Waals surface area contributed by atoms with Gasteiger partial charge < -0.3 is 5.11 Å². The Labute approximate surface area is 92.9 Å². The topological polar surface area (TPSA) is 20.2 Å². The summed E-state index contributed by atoms with van der Waals surface area (Å²) >= 11 is 0. The van der Waals surface area contributed by atoms with Gasteiger partial charge in [-0.25, -0.2) is 0 Å². The Morgan fingerprint density at radius 1 is 0.933 bits per heavy atom. The van der Waals surface area contributed by atoms with Crippen molar-refractivity contribution in [1.29, 1.82) is 0 Å². The van der Waals surface area contributed by atoms with Crippen LogP contribution in [0.4, 0.5) is 0 Å². The highest BCUT2D eigenvalue weighted by Gasteiger charge is 2.21. The molecule has 0 spiro atoms. The van der Waals surface area contributed by atoms with Crippen molar-refractivity contribution in [2.24, 2.45) is 0 Å². The largest absolute Gasteiger partial charge is 0.378 e. The third kappa shape index (κ3) is 4.85. The fourth-order valence-corrected chi connectivity index (χ4v) is 1.77. The van der Waals surface area contributed by atoms with Crippen molar-refractivity contribution in [1.82, 2.24) is 0 Å². The Balaban J connectivity index is 2.53. The van der Waals surface area contributed by atoms with Crippen LogP contribution in [0, 0.1) is 12.3 Å². The van der Waals surface area contributed by atoms with E-state index in [9.17, 15) is 5.11 Å². The van der Waals surface area contributed by atoms with Gasteiger partial charge >= 0.3 is 0 Å². The molecule has 1 atom stereocenters. The molecule has 0 saturated heterocycles. The van der Waals surface area contributed by atoms with Gasteiger partial charge in [0.1, 0.15) is 5.60 Å². The number of terminal acetylenes is 1. The van der Waals surface area contributed by atoms with Gasteiger partial charge in [-0.15, -0.1) is 6.42 Å². The summed E-state index contributed by atoms with van der Waals surface area (Å²) in [6.07, 6.45) is 20.5. The second kappa shape index (κ2) is 6.48. The van der Waals surface area contributed by atoms with E-state index in [4.69, 9.17) is 6.42 Å². The van der Waals surface area contributed by atoms with Gasteiger partial charge in [0.05, 0.1) is 0 Å². The first-order valence-electron chi connectivity index (χ1n) is 5.77. The molecule has 0 aromatic heterocycles. The van der Waals surface area contributed by atoms with E-state index in [0.717, 1.165) is 32.1 Å². The molecular formula is C14H20O. The van der Waals surface area contributed by atoms with E-state index in [1.807, 2.05) is 0 Å². The molecule has 1 nitrogen and oxygen atoms in total. The Bertz CT molecular complexity index is 270. The first-order valence-corrected chi connectivity index (χ1v) is 5.77. The lowest BCUT2D eigenvalue weighted by molar-refractivity contribution is 0.0815. The highest BCUT2D eigenvalue weighted by Crippen LogP contribution is 2.20. The van der Waals surface area contributed by atoms with Crippen molar-refractivity contribution in [2.75, 3.05) is 0 Å². The normalized spacial score (nSPS) is 28.8. The highest BCUT2D eigenvalue weighted by atomic mass is 16.3. The minimum absolute atomic E-state index is 0.684. The lowest BCUT2D eigenvalue weighted by atomic mass is 9.92. The summed E-state index contributed by atoms with van der Waals surface area (Å²) in [7, 11) is 0. The van der Waals surface area contributed by atoms with Gasteiger partial charge in [-0.3, -0.25) is 0 Å². The molecule has 0 heterocycles. The number of allylic oxidation sites excluding steroid dienone is 4. The summed E-state index contributed by atoms with van der Waals surface area (Å²) < 4.78 is 0. The average molecular weight is 204 g/mol. The number of hydrogen-bond donors (Lipinski definition) is 1. The van der Waals surface area contributed by atoms with E-state index in [1.165, 1.54) is 0 Å². The summed E-state index contributed by atoms with van der Waals surface area (Å²) in [5.41, 5.74) is -0.891. The molecule has 1 rings (SSSR count). The van der Waals surface area contributed by atoms with Crippen LogP contribution in [0.5, 0.6) is 0 Å². The van der Waals surface area contributed by atoms with Gasteiger partial charge in [-0.1, -0.05) is 30.2 Å². The first-order chi connectivity index (χ1) is 7.27. The van der Waals surface area contributed by atoms with E-state index in [2.05, 4.69) is 30.2 Å². The van der Waals surface area contributed by atoms with Gasteiger partial charge in [0.15, 0.2) is 0 Å². The van der Waals surface area contributed by atoms with Crippen molar-refractivity contribution in [3.63, 3.8) is 0 Å². The van der Waals surface area contributed by atoms with Crippen molar-refractivity contribution < 1.29 is 5.11 Å². The minimum atomic E-state index is -0.891. The van der Waals surface area contributed by atoms with Gasteiger partial charge in [0, 0.05) is 0 Å². The molecular weight excluding hydrogens is 184 g/mol. The molecule has 0 aliphatic heterocycles. The molecule has 1 heteroatoms. The van der Waals surface area contributed by atoms with Crippen molar-refractivity contribution in [3.05, 3.63) is 24.3 Å². The molecule has 0 aromatic carbocycles. The molecule has 1 unspecified atom stereocenters. The Hall–Kier alpha value is -1.00. The van der Waals surface area contributed by atoms with E-state index < -0.39 is 5.60 Å². The maximum Gasteiger partial charge on any atom is 0.125 e. The molecule has 0 amide bonds. The van der Waals surface area contributed by atoms with Crippen molar-refractivity contribution >= 4 is 0 Å². The predicted molar refractivity (Wildman–Crippen MR) is 64.4 cm³/mol.